The Labute approximate surface area is 169 Å². The van der Waals surface area contributed by atoms with Gasteiger partial charge in [0.1, 0.15) is 5.75 Å². The number of ether oxygens (including phenoxy) is 2. The number of hydrogen-bond donors (Lipinski definition) is 1. The molecule has 2 unspecified atom stereocenters. The average Bonchev–Trinajstić information content (AvgIpc) is 2.66. The normalized spacial score (nSPS) is 19.9. The van der Waals surface area contributed by atoms with E-state index in [-0.39, 0.29) is 23.9 Å². The Hall–Kier alpha value is -2.51. The van der Waals surface area contributed by atoms with E-state index in [9.17, 15) is 13.6 Å². The van der Waals surface area contributed by atoms with Crippen LogP contribution >= 0.6 is 0 Å². The Morgan fingerprint density at radius 3 is 2.24 bits per heavy atom. The van der Waals surface area contributed by atoms with Gasteiger partial charge >= 0.3 is 6.61 Å². The van der Waals surface area contributed by atoms with E-state index in [1.54, 1.807) is 12.1 Å². The second-order valence-corrected chi connectivity index (χ2v) is 7.35. The van der Waals surface area contributed by atoms with Gasteiger partial charge in [0.05, 0.1) is 12.2 Å². The molecule has 0 saturated carbocycles. The maximum atomic E-state index is 12.4. The van der Waals surface area contributed by atoms with Crippen molar-refractivity contribution in [3.63, 3.8) is 0 Å². The van der Waals surface area contributed by atoms with Crippen LogP contribution in [0.3, 0.4) is 0 Å². The van der Waals surface area contributed by atoms with Crippen LogP contribution in [0.5, 0.6) is 5.75 Å². The molecule has 29 heavy (non-hydrogen) atoms. The van der Waals surface area contributed by atoms with E-state index in [4.69, 9.17) is 4.74 Å². The molecule has 1 N–H and O–H groups in total. The van der Waals surface area contributed by atoms with Crippen LogP contribution in [0.2, 0.25) is 0 Å². The van der Waals surface area contributed by atoms with Crippen LogP contribution in [0.1, 0.15) is 35.3 Å². The van der Waals surface area contributed by atoms with Crippen molar-refractivity contribution in [3.8, 4) is 5.75 Å². The van der Waals surface area contributed by atoms with E-state index in [1.807, 2.05) is 24.3 Å². The van der Waals surface area contributed by atoms with Crippen molar-refractivity contribution in [1.82, 2.24) is 10.2 Å². The zero-order chi connectivity index (χ0) is 20.8. The summed E-state index contributed by atoms with van der Waals surface area (Å²) in [6.45, 7) is 4.23. The molecule has 0 radical (unpaired) electrons. The van der Waals surface area contributed by atoms with Gasteiger partial charge in [-0.1, -0.05) is 24.3 Å². The monoisotopic (exact) mass is 404 g/mol. The number of carbonyl (C=O) groups is 1. The molecule has 1 aliphatic rings. The lowest BCUT2D eigenvalue weighted by Gasteiger charge is -2.35. The summed E-state index contributed by atoms with van der Waals surface area (Å²) in [5, 5.41) is 2.83. The molecule has 1 amide bonds. The summed E-state index contributed by atoms with van der Waals surface area (Å²) in [4.78, 5) is 14.7. The van der Waals surface area contributed by atoms with Crippen molar-refractivity contribution in [2.24, 2.45) is 0 Å². The highest BCUT2D eigenvalue weighted by Gasteiger charge is 2.22. The summed E-state index contributed by atoms with van der Waals surface area (Å²) < 4.78 is 34.4. The van der Waals surface area contributed by atoms with Crippen molar-refractivity contribution in [2.45, 2.75) is 45.8 Å². The lowest BCUT2D eigenvalue weighted by Crippen LogP contribution is -2.44. The molecule has 5 nitrogen and oxygen atoms in total. The van der Waals surface area contributed by atoms with Crippen LogP contribution in [-0.4, -0.2) is 42.7 Å². The van der Waals surface area contributed by atoms with Gasteiger partial charge in [-0.15, -0.1) is 0 Å². The summed E-state index contributed by atoms with van der Waals surface area (Å²) in [5.74, 6) is -0.0900. The molecule has 2 atom stereocenters. The molecule has 7 heteroatoms. The fraction of sp³-hybridized carbons (Fsp3) is 0.409. The van der Waals surface area contributed by atoms with Gasteiger partial charge in [0, 0.05) is 31.7 Å². The molecule has 0 spiro atoms. The van der Waals surface area contributed by atoms with E-state index < -0.39 is 6.61 Å². The van der Waals surface area contributed by atoms with Crippen molar-refractivity contribution < 1.29 is 23.0 Å². The first kappa shape index (κ1) is 21.2. The molecule has 1 saturated heterocycles. The van der Waals surface area contributed by atoms with Gasteiger partial charge in [0.25, 0.3) is 5.91 Å². The quantitative estimate of drug-likeness (QED) is 0.762. The molecular weight excluding hydrogens is 378 g/mol. The van der Waals surface area contributed by atoms with Crippen LogP contribution in [0.15, 0.2) is 48.5 Å². The minimum absolute atomic E-state index is 0.0923. The van der Waals surface area contributed by atoms with E-state index in [2.05, 4.69) is 28.8 Å². The number of hydrogen-bond acceptors (Lipinski definition) is 4. The first-order valence-electron chi connectivity index (χ1n) is 9.68. The van der Waals surface area contributed by atoms with Crippen molar-refractivity contribution in [1.29, 1.82) is 0 Å². The molecule has 1 heterocycles. The van der Waals surface area contributed by atoms with E-state index >= 15 is 0 Å². The van der Waals surface area contributed by atoms with Gasteiger partial charge in [-0.25, -0.2) is 0 Å². The van der Waals surface area contributed by atoms with Crippen LogP contribution < -0.4 is 10.1 Å². The number of nitrogens with zero attached hydrogens (tertiary/aromatic N) is 1. The maximum Gasteiger partial charge on any atom is 0.387 e. The Balaban J connectivity index is 1.50. The van der Waals surface area contributed by atoms with Gasteiger partial charge in [-0.05, 0) is 49.2 Å². The zero-order valence-corrected chi connectivity index (χ0v) is 16.6. The third-order valence-corrected chi connectivity index (χ3v) is 4.72. The third-order valence-electron chi connectivity index (χ3n) is 4.72. The summed E-state index contributed by atoms with van der Waals surface area (Å²) in [6, 6.07) is 13.8. The molecule has 0 aromatic heterocycles. The first-order chi connectivity index (χ1) is 13.9. The van der Waals surface area contributed by atoms with Gasteiger partial charge < -0.3 is 14.8 Å². The summed E-state index contributed by atoms with van der Waals surface area (Å²) in [7, 11) is 0. The number of rotatable bonds is 7. The highest BCUT2D eigenvalue weighted by molar-refractivity contribution is 5.94. The number of amides is 1. The Morgan fingerprint density at radius 1 is 1.07 bits per heavy atom. The zero-order valence-electron chi connectivity index (χ0n) is 16.6. The summed E-state index contributed by atoms with van der Waals surface area (Å²) in [5.41, 5.74) is 2.53. The predicted octanol–water partition coefficient (Wildman–Crippen LogP) is 3.83. The van der Waals surface area contributed by atoms with Crippen LogP contribution in [-0.2, 0) is 17.8 Å². The molecule has 0 bridgehead atoms. The highest BCUT2D eigenvalue weighted by atomic mass is 19.3. The van der Waals surface area contributed by atoms with Gasteiger partial charge in [0.15, 0.2) is 0 Å². The summed E-state index contributed by atoms with van der Waals surface area (Å²) >= 11 is 0. The number of nitrogens with one attached hydrogen (secondary N) is 1. The Morgan fingerprint density at radius 2 is 1.66 bits per heavy atom. The van der Waals surface area contributed by atoms with E-state index in [1.165, 1.54) is 12.1 Å². The molecule has 1 aliphatic heterocycles. The Kier molecular flexibility index (Phi) is 7.17. The largest absolute Gasteiger partial charge is 0.435 e. The number of morpholine rings is 1. The second-order valence-electron chi connectivity index (χ2n) is 7.35. The second kappa shape index (κ2) is 9.80. The SMILES string of the molecule is CC1CN(Cc2ccc(C(=O)NCc3ccc(OC(F)F)cc3)cc2)CC(C)O1. The minimum Gasteiger partial charge on any atom is -0.435 e. The van der Waals surface area contributed by atoms with Crippen molar-refractivity contribution in [3.05, 3.63) is 65.2 Å². The summed E-state index contributed by atoms with van der Waals surface area (Å²) in [6.07, 6.45) is 0.444. The van der Waals surface area contributed by atoms with Gasteiger partial charge in [-0.3, -0.25) is 9.69 Å². The maximum absolute atomic E-state index is 12.4. The van der Waals surface area contributed by atoms with E-state index in [0.29, 0.717) is 12.1 Å². The van der Waals surface area contributed by atoms with Crippen molar-refractivity contribution >= 4 is 5.91 Å². The third kappa shape index (κ3) is 6.51. The number of benzene rings is 2. The fourth-order valence-electron chi connectivity index (χ4n) is 3.51. The standard InChI is InChI=1S/C22H26F2N2O3/c1-15-12-26(13-16(2)28-15)14-18-3-7-19(8-4-18)21(27)25-11-17-5-9-20(10-6-17)29-22(23)24/h3-10,15-16,22H,11-14H2,1-2H3,(H,25,27). The average molecular weight is 404 g/mol. The molecule has 156 valence electrons. The molecule has 1 fully saturated rings. The number of alkyl halides is 2. The minimum atomic E-state index is -2.85. The van der Waals surface area contributed by atoms with Crippen LogP contribution in [0, 0.1) is 0 Å². The number of halogens is 2. The smallest absolute Gasteiger partial charge is 0.387 e. The molecular formula is C22H26F2N2O3. The van der Waals surface area contributed by atoms with Crippen LogP contribution in [0.25, 0.3) is 0 Å². The van der Waals surface area contributed by atoms with E-state index in [0.717, 1.165) is 30.8 Å². The molecule has 3 rings (SSSR count). The molecule has 2 aromatic rings. The molecule has 2 aromatic carbocycles. The lowest BCUT2D eigenvalue weighted by molar-refractivity contribution is -0.0704. The fourth-order valence-corrected chi connectivity index (χ4v) is 3.51. The predicted molar refractivity (Wildman–Crippen MR) is 106 cm³/mol. The highest BCUT2D eigenvalue weighted by Crippen LogP contribution is 2.16. The molecule has 0 aliphatic carbocycles. The number of carbonyl (C=O) groups excluding carboxylic acids is 1. The van der Waals surface area contributed by atoms with Crippen LogP contribution in [0.4, 0.5) is 8.78 Å². The first-order valence-corrected chi connectivity index (χ1v) is 9.68. The van der Waals surface area contributed by atoms with Gasteiger partial charge in [0.2, 0.25) is 0 Å². The van der Waals surface area contributed by atoms with Crippen molar-refractivity contribution in [2.75, 3.05) is 13.1 Å². The topological polar surface area (TPSA) is 50.8 Å². The lowest BCUT2D eigenvalue weighted by atomic mass is 10.1. The van der Waals surface area contributed by atoms with Gasteiger partial charge in [-0.2, -0.15) is 8.78 Å². The Bertz CT molecular complexity index is 787.